The first-order chi connectivity index (χ1) is 14.5. The highest BCUT2D eigenvalue weighted by molar-refractivity contribution is 14.0. The van der Waals surface area contributed by atoms with E-state index in [2.05, 4.69) is 21.7 Å². The predicted octanol–water partition coefficient (Wildman–Crippen LogP) is 4.22. The number of likely N-dealkylation sites (tertiary alicyclic amines) is 1. The molecule has 2 aromatic carbocycles. The normalized spacial score (nSPS) is 15.9. The summed E-state index contributed by atoms with van der Waals surface area (Å²) >= 11 is 0. The molecule has 1 fully saturated rings. The molecule has 0 radical (unpaired) electrons. The van der Waals surface area contributed by atoms with E-state index in [-0.39, 0.29) is 41.7 Å². The summed E-state index contributed by atoms with van der Waals surface area (Å²) < 4.78 is 18.9. The predicted molar refractivity (Wildman–Crippen MR) is 132 cm³/mol. The molecule has 1 aliphatic rings. The number of nitrogens with zero attached hydrogens (tertiary/aromatic N) is 2. The Morgan fingerprint density at radius 2 is 2.00 bits per heavy atom. The van der Waals surface area contributed by atoms with Crippen LogP contribution < -0.4 is 15.4 Å². The highest BCUT2D eigenvalue weighted by Crippen LogP contribution is 2.26. The van der Waals surface area contributed by atoms with Gasteiger partial charge in [0.25, 0.3) is 0 Å². The number of carbonyl (C=O) groups excluding carboxylic acids is 1. The lowest BCUT2D eigenvalue weighted by Gasteiger charge is -2.19. The van der Waals surface area contributed by atoms with Crippen molar-refractivity contribution in [3.63, 3.8) is 0 Å². The van der Waals surface area contributed by atoms with Crippen LogP contribution in [0.5, 0.6) is 11.5 Å². The third-order valence-electron chi connectivity index (χ3n) is 5.15. The first kappa shape index (κ1) is 24.9. The van der Waals surface area contributed by atoms with E-state index in [1.165, 1.54) is 12.1 Å². The van der Waals surface area contributed by atoms with Gasteiger partial charge in [0, 0.05) is 39.1 Å². The fourth-order valence-electron chi connectivity index (χ4n) is 3.47. The van der Waals surface area contributed by atoms with Gasteiger partial charge in [-0.2, -0.15) is 0 Å². The number of hydrogen-bond acceptors (Lipinski definition) is 3. The van der Waals surface area contributed by atoms with Crippen molar-refractivity contribution in [2.24, 2.45) is 4.99 Å². The van der Waals surface area contributed by atoms with Gasteiger partial charge >= 0.3 is 0 Å². The van der Waals surface area contributed by atoms with Gasteiger partial charge in [0.15, 0.2) is 5.96 Å². The molecule has 1 atom stereocenters. The molecular weight excluding hydrogens is 510 g/mol. The van der Waals surface area contributed by atoms with Gasteiger partial charge in [-0.1, -0.05) is 19.1 Å². The van der Waals surface area contributed by atoms with E-state index in [4.69, 9.17) is 4.74 Å². The van der Waals surface area contributed by atoms with Crippen LogP contribution in [0, 0.1) is 12.7 Å². The summed E-state index contributed by atoms with van der Waals surface area (Å²) in [5.41, 5.74) is 2.09. The second kappa shape index (κ2) is 11.9. The van der Waals surface area contributed by atoms with Crippen molar-refractivity contribution in [1.82, 2.24) is 15.5 Å². The molecule has 6 nitrogen and oxygen atoms in total. The van der Waals surface area contributed by atoms with Crippen LogP contribution in [0.3, 0.4) is 0 Å². The number of aryl methyl sites for hydroxylation is 1. The van der Waals surface area contributed by atoms with Crippen LogP contribution in [0.1, 0.15) is 30.9 Å². The molecule has 0 spiro atoms. The number of nitrogens with one attached hydrogen (secondary N) is 2. The number of ether oxygens (including phenoxy) is 1. The maximum Gasteiger partial charge on any atom is 0.222 e. The van der Waals surface area contributed by atoms with Gasteiger partial charge in [0.1, 0.15) is 17.3 Å². The number of halogens is 2. The molecule has 1 amide bonds. The fourth-order valence-corrected chi connectivity index (χ4v) is 3.47. The number of aliphatic imine (C=N–C) groups is 1. The quantitative estimate of drug-likeness (QED) is 0.327. The largest absolute Gasteiger partial charge is 0.457 e. The minimum atomic E-state index is -0.287. The molecule has 0 bridgehead atoms. The van der Waals surface area contributed by atoms with Crippen LogP contribution in [-0.4, -0.2) is 42.9 Å². The first-order valence-corrected chi connectivity index (χ1v) is 10.3. The lowest BCUT2D eigenvalue weighted by Crippen LogP contribution is -2.44. The summed E-state index contributed by atoms with van der Waals surface area (Å²) in [6.07, 6.45) is 1.46. The standard InChI is InChI=1S/C23H29FN4O2.HI/c1-4-22(29)28-12-11-19(15-28)27-23(25-3)26-14-17-5-10-21(16(2)13-17)30-20-8-6-18(24)7-9-20;/h5-10,13,19H,4,11-12,14-15H2,1-3H3,(H2,25,26,27);1H. The number of rotatable bonds is 6. The monoisotopic (exact) mass is 540 g/mol. The van der Waals surface area contributed by atoms with Crippen LogP contribution in [0.4, 0.5) is 4.39 Å². The maximum atomic E-state index is 13.0. The Bertz CT molecular complexity index is 905. The Morgan fingerprint density at radius 1 is 1.26 bits per heavy atom. The second-order valence-electron chi connectivity index (χ2n) is 7.40. The topological polar surface area (TPSA) is 66.0 Å². The summed E-state index contributed by atoms with van der Waals surface area (Å²) in [4.78, 5) is 18.0. The van der Waals surface area contributed by atoms with Crippen LogP contribution in [-0.2, 0) is 11.3 Å². The number of carbonyl (C=O) groups is 1. The average Bonchev–Trinajstić information content (AvgIpc) is 3.22. The van der Waals surface area contributed by atoms with Gasteiger partial charge in [-0.15, -0.1) is 24.0 Å². The molecule has 31 heavy (non-hydrogen) atoms. The van der Waals surface area contributed by atoms with Crippen molar-refractivity contribution in [3.05, 3.63) is 59.4 Å². The molecule has 2 aromatic rings. The van der Waals surface area contributed by atoms with Crippen LogP contribution in [0.15, 0.2) is 47.5 Å². The van der Waals surface area contributed by atoms with Gasteiger partial charge in [-0.3, -0.25) is 9.79 Å². The zero-order valence-electron chi connectivity index (χ0n) is 18.2. The minimum Gasteiger partial charge on any atom is -0.457 e. The van der Waals surface area contributed by atoms with Gasteiger partial charge in [-0.25, -0.2) is 4.39 Å². The van der Waals surface area contributed by atoms with Crippen LogP contribution >= 0.6 is 24.0 Å². The Morgan fingerprint density at radius 3 is 2.65 bits per heavy atom. The van der Waals surface area contributed by atoms with Crippen molar-refractivity contribution in [3.8, 4) is 11.5 Å². The van der Waals surface area contributed by atoms with Gasteiger partial charge in [0.05, 0.1) is 0 Å². The summed E-state index contributed by atoms with van der Waals surface area (Å²) in [6, 6.07) is 12.1. The summed E-state index contributed by atoms with van der Waals surface area (Å²) in [7, 11) is 1.74. The summed E-state index contributed by atoms with van der Waals surface area (Å²) in [5.74, 6) is 1.96. The molecule has 1 aliphatic heterocycles. The van der Waals surface area contributed by atoms with E-state index in [9.17, 15) is 9.18 Å². The van der Waals surface area contributed by atoms with Gasteiger partial charge in [-0.05, 0) is 54.8 Å². The number of hydrogen-bond donors (Lipinski definition) is 2. The van der Waals surface area contributed by atoms with Crippen molar-refractivity contribution >= 4 is 35.8 Å². The molecule has 168 valence electrons. The first-order valence-electron chi connectivity index (χ1n) is 10.3. The zero-order valence-corrected chi connectivity index (χ0v) is 20.5. The average molecular weight is 540 g/mol. The Labute approximate surface area is 200 Å². The highest BCUT2D eigenvalue weighted by atomic mass is 127. The molecule has 1 heterocycles. The highest BCUT2D eigenvalue weighted by Gasteiger charge is 2.25. The van der Waals surface area contributed by atoms with Crippen molar-refractivity contribution in [2.75, 3.05) is 20.1 Å². The van der Waals surface area contributed by atoms with Crippen molar-refractivity contribution in [2.45, 2.75) is 39.3 Å². The Balaban J connectivity index is 0.00000341. The van der Waals surface area contributed by atoms with E-state index in [0.717, 1.165) is 35.8 Å². The molecule has 1 unspecified atom stereocenters. The number of amides is 1. The molecule has 3 rings (SSSR count). The fraction of sp³-hybridized carbons (Fsp3) is 0.391. The Hall–Kier alpha value is -2.36. The van der Waals surface area contributed by atoms with Crippen molar-refractivity contribution in [1.29, 1.82) is 0 Å². The molecule has 1 saturated heterocycles. The van der Waals surface area contributed by atoms with Crippen molar-refractivity contribution < 1.29 is 13.9 Å². The smallest absolute Gasteiger partial charge is 0.222 e. The zero-order chi connectivity index (χ0) is 21.5. The molecule has 0 aromatic heterocycles. The maximum absolute atomic E-state index is 13.0. The lowest BCUT2D eigenvalue weighted by molar-refractivity contribution is -0.129. The molecule has 2 N–H and O–H groups in total. The minimum absolute atomic E-state index is 0. The van der Waals surface area contributed by atoms with E-state index >= 15 is 0 Å². The van der Waals surface area contributed by atoms with E-state index in [1.54, 1.807) is 19.2 Å². The third kappa shape index (κ3) is 7.09. The van der Waals surface area contributed by atoms with Crippen LogP contribution in [0.2, 0.25) is 0 Å². The van der Waals surface area contributed by atoms with Crippen LogP contribution in [0.25, 0.3) is 0 Å². The number of benzene rings is 2. The Kier molecular flexibility index (Phi) is 9.54. The number of guanidine groups is 1. The van der Waals surface area contributed by atoms with Gasteiger partial charge in [0.2, 0.25) is 5.91 Å². The molecule has 0 aliphatic carbocycles. The lowest BCUT2D eigenvalue weighted by atomic mass is 10.1. The third-order valence-corrected chi connectivity index (χ3v) is 5.15. The van der Waals surface area contributed by atoms with E-state index in [1.807, 2.05) is 30.9 Å². The molecular formula is C23H30FIN4O2. The summed E-state index contributed by atoms with van der Waals surface area (Å²) in [5, 5.41) is 6.72. The van der Waals surface area contributed by atoms with E-state index < -0.39 is 0 Å². The SMILES string of the molecule is CCC(=O)N1CCC(NC(=NC)NCc2ccc(Oc3ccc(F)cc3)c(C)c2)C1.I. The van der Waals surface area contributed by atoms with Gasteiger partial charge < -0.3 is 20.3 Å². The summed E-state index contributed by atoms with van der Waals surface area (Å²) in [6.45, 7) is 5.98. The van der Waals surface area contributed by atoms with E-state index in [0.29, 0.717) is 25.3 Å². The molecule has 8 heteroatoms. The molecule has 0 saturated carbocycles. The second-order valence-corrected chi connectivity index (χ2v) is 7.40.